The summed E-state index contributed by atoms with van der Waals surface area (Å²) in [6.07, 6.45) is 1.43. The van der Waals surface area contributed by atoms with Crippen molar-refractivity contribution in [1.82, 2.24) is 9.88 Å². The number of nitrogens with one attached hydrogen (secondary N) is 1. The van der Waals surface area contributed by atoms with E-state index in [4.69, 9.17) is 11.6 Å². The van der Waals surface area contributed by atoms with E-state index in [-0.39, 0.29) is 16.9 Å². The molecular weight excluding hydrogens is 381 g/mol. The average molecular weight is 400 g/mol. The molecule has 0 unspecified atom stereocenters. The highest BCUT2D eigenvalue weighted by atomic mass is 35.5. The van der Waals surface area contributed by atoms with Gasteiger partial charge in [0.15, 0.2) is 0 Å². The quantitative estimate of drug-likeness (QED) is 0.716. The maximum absolute atomic E-state index is 13.7. The summed E-state index contributed by atoms with van der Waals surface area (Å²) < 4.78 is 13.7. The maximum Gasteiger partial charge on any atom is 0.259 e. The van der Waals surface area contributed by atoms with Crippen LogP contribution in [-0.4, -0.2) is 42.0 Å². The van der Waals surface area contributed by atoms with Crippen LogP contribution in [0.4, 0.5) is 10.1 Å². The van der Waals surface area contributed by atoms with Crippen molar-refractivity contribution in [3.05, 3.63) is 74.8 Å². The van der Waals surface area contributed by atoms with Crippen LogP contribution in [0.5, 0.6) is 0 Å². The third-order valence-electron chi connectivity index (χ3n) is 5.14. The zero-order chi connectivity index (χ0) is 19.8. The normalized spacial score (nSPS) is 14.5. The molecule has 0 spiro atoms. The van der Waals surface area contributed by atoms with Crippen molar-refractivity contribution >= 4 is 34.1 Å². The summed E-state index contributed by atoms with van der Waals surface area (Å²) in [4.78, 5) is 32.4. The van der Waals surface area contributed by atoms with Crippen LogP contribution >= 0.6 is 11.6 Å². The third kappa shape index (κ3) is 3.24. The van der Waals surface area contributed by atoms with E-state index in [1.807, 2.05) is 24.3 Å². The molecule has 0 radical (unpaired) electrons. The number of para-hydroxylation sites is 1. The maximum atomic E-state index is 13.7. The summed E-state index contributed by atoms with van der Waals surface area (Å²) in [5.74, 6) is -0.836. The molecule has 1 amide bonds. The number of hydrogen-bond acceptors (Lipinski definition) is 3. The fourth-order valence-electron chi connectivity index (χ4n) is 3.66. The Morgan fingerprint density at radius 2 is 1.86 bits per heavy atom. The average Bonchev–Trinajstić information content (AvgIpc) is 2.69. The second-order valence-electron chi connectivity index (χ2n) is 6.91. The highest BCUT2D eigenvalue weighted by Crippen LogP contribution is 2.26. The molecule has 0 aliphatic carbocycles. The van der Waals surface area contributed by atoms with Gasteiger partial charge in [-0.2, -0.15) is 0 Å². The van der Waals surface area contributed by atoms with Gasteiger partial charge in [-0.05, 0) is 36.8 Å². The summed E-state index contributed by atoms with van der Waals surface area (Å²) in [5.41, 5.74) is 1.69. The van der Waals surface area contributed by atoms with Crippen molar-refractivity contribution in [3.8, 4) is 0 Å². The molecule has 2 heterocycles. The number of benzene rings is 2. The molecule has 2 aromatic carbocycles. The van der Waals surface area contributed by atoms with Gasteiger partial charge in [-0.15, -0.1) is 0 Å². The molecule has 7 heteroatoms. The van der Waals surface area contributed by atoms with Gasteiger partial charge in [0, 0.05) is 37.8 Å². The van der Waals surface area contributed by atoms with Gasteiger partial charge in [0.2, 0.25) is 5.43 Å². The molecule has 28 heavy (non-hydrogen) atoms. The van der Waals surface area contributed by atoms with Crippen LogP contribution in [0.15, 0.2) is 47.4 Å². The van der Waals surface area contributed by atoms with Crippen molar-refractivity contribution < 1.29 is 9.18 Å². The number of fused-ring (bicyclic) bond motifs is 1. The molecular formula is C21H19ClFN3O2. The molecule has 0 bridgehead atoms. The van der Waals surface area contributed by atoms with E-state index >= 15 is 0 Å². The number of carbonyl (C=O) groups excluding carboxylic acids is 1. The van der Waals surface area contributed by atoms with Crippen molar-refractivity contribution in [2.45, 2.75) is 6.92 Å². The smallest absolute Gasteiger partial charge is 0.259 e. The summed E-state index contributed by atoms with van der Waals surface area (Å²) in [6.45, 7) is 3.91. The van der Waals surface area contributed by atoms with Gasteiger partial charge in [0.25, 0.3) is 5.91 Å². The van der Waals surface area contributed by atoms with Crippen molar-refractivity contribution in [2.75, 3.05) is 31.1 Å². The van der Waals surface area contributed by atoms with Crippen LogP contribution in [0.3, 0.4) is 0 Å². The number of rotatable bonds is 2. The molecule has 1 aliphatic heterocycles. The number of pyridine rings is 1. The summed E-state index contributed by atoms with van der Waals surface area (Å²) in [7, 11) is 0. The molecule has 1 fully saturated rings. The predicted molar refractivity (Wildman–Crippen MR) is 109 cm³/mol. The Morgan fingerprint density at radius 1 is 1.14 bits per heavy atom. The molecule has 144 valence electrons. The highest BCUT2D eigenvalue weighted by molar-refractivity contribution is 6.33. The molecule has 4 rings (SSSR count). The number of aryl methyl sites for hydroxylation is 1. The molecule has 1 aromatic heterocycles. The SMILES string of the molecule is Cc1cc(F)cc2c(=O)c(C(=O)N3CCN(c4ccccc4Cl)CC3)c[nH]c12. The van der Waals surface area contributed by atoms with E-state index in [2.05, 4.69) is 9.88 Å². The number of H-pyrrole nitrogens is 1. The lowest BCUT2D eigenvalue weighted by molar-refractivity contribution is 0.0745. The minimum Gasteiger partial charge on any atom is -0.367 e. The fraction of sp³-hybridized carbons (Fsp3) is 0.238. The molecule has 5 nitrogen and oxygen atoms in total. The zero-order valence-electron chi connectivity index (χ0n) is 15.3. The number of carbonyl (C=O) groups is 1. The van der Waals surface area contributed by atoms with Gasteiger partial charge in [-0.1, -0.05) is 23.7 Å². The summed E-state index contributed by atoms with van der Waals surface area (Å²) >= 11 is 6.26. The van der Waals surface area contributed by atoms with Gasteiger partial charge < -0.3 is 14.8 Å². The standard InChI is InChI=1S/C21H19ClFN3O2/c1-13-10-14(23)11-15-19(13)24-12-16(20(15)27)21(28)26-8-6-25(7-9-26)18-5-3-2-4-17(18)22/h2-5,10-12H,6-9H2,1H3,(H,24,27). The first kappa shape index (κ1) is 18.5. The molecule has 0 saturated carbocycles. The minimum atomic E-state index is -0.492. The Balaban J connectivity index is 1.57. The lowest BCUT2D eigenvalue weighted by atomic mass is 10.1. The largest absolute Gasteiger partial charge is 0.367 e. The molecule has 1 aliphatic rings. The van der Waals surface area contributed by atoms with E-state index in [0.717, 1.165) is 5.69 Å². The minimum absolute atomic E-state index is 0.0312. The first-order valence-electron chi connectivity index (χ1n) is 9.06. The van der Waals surface area contributed by atoms with Crippen LogP contribution < -0.4 is 10.3 Å². The van der Waals surface area contributed by atoms with E-state index < -0.39 is 11.2 Å². The first-order valence-corrected chi connectivity index (χ1v) is 9.44. The number of aromatic amines is 1. The number of nitrogens with zero attached hydrogens (tertiary/aromatic N) is 2. The van der Waals surface area contributed by atoms with Crippen LogP contribution in [0.2, 0.25) is 5.02 Å². The monoisotopic (exact) mass is 399 g/mol. The summed E-state index contributed by atoms with van der Waals surface area (Å²) in [6, 6.07) is 10.1. The lowest BCUT2D eigenvalue weighted by Gasteiger charge is -2.36. The van der Waals surface area contributed by atoms with E-state index in [0.29, 0.717) is 42.3 Å². The number of anilines is 1. The van der Waals surface area contributed by atoms with Gasteiger partial charge in [-0.25, -0.2) is 4.39 Å². The van der Waals surface area contributed by atoms with Gasteiger partial charge >= 0.3 is 0 Å². The van der Waals surface area contributed by atoms with Crippen LogP contribution in [-0.2, 0) is 0 Å². The van der Waals surface area contributed by atoms with Gasteiger partial charge in [-0.3, -0.25) is 9.59 Å². The fourth-order valence-corrected chi connectivity index (χ4v) is 3.91. The number of piperazine rings is 1. The van der Waals surface area contributed by atoms with Gasteiger partial charge in [0.1, 0.15) is 11.4 Å². The Labute approximate surface area is 166 Å². The molecule has 0 atom stereocenters. The number of hydrogen-bond donors (Lipinski definition) is 1. The van der Waals surface area contributed by atoms with Crippen molar-refractivity contribution in [2.24, 2.45) is 0 Å². The number of aromatic nitrogens is 1. The Kier molecular flexibility index (Phi) is 4.81. The summed E-state index contributed by atoms with van der Waals surface area (Å²) in [5, 5.41) is 0.865. The Morgan fingerprint density at radius 3 is 2.57 bits per heavy atom. The topological polar surface area (TPSA) is 56.4 Å². The van der Waals surface area contributed by atoms with Crippen molar-refractivity contribution in [3.63, 3.8) is 0 Å². The van der Waals surface area contributed by atoms with Crippen LogP contribution in [0, 0.1) is 12.7 Å². The lowest BCUT2D eigenvalue weighted by Crippen LogP contribution is -2.49. The number of halogens is 2. The highest BCUT2D eigenvalue weighted by Gasteiger charge is 2.25. The second-order valence-corrected chi connectivity index (χ2v) is 7.31. The van der Waals surface area contributed by atoms with Crippen molar-refractivity contribution in [1.29, 1.82) is 0 Å². The predicted octanol–water partition coefficient (Wildman–Crippen LogP) is 3.59. The molecule has 1 N–H and O–H groups in total. The van der Waals surface area contributed by atoms with E-state index in [9.17, 15) is 14.0 Å². The zero-order valence-corrected chi connectivity index (χ0v) is 16.1. The number of amides is 1. The first-order chi connectivity index (χ1) is 13.5. The Bertz CT molecular complexity index is 1120. The van der Waals surface area contributed by atoms with Crippen LogP contribution in [0.25, 0.3) is 10.9 Å². The Hall–Kier alpha value is -2.86. The van der Waals surface area contributed by atoms with Gasteiger partial charge in [0.05, 0.1) is 16.2 Å². The second kappa shape index (κ2) is 7.28. The van der Waals surface area contributed by atoms with E-state index in [1.165, 1.54) is 18.3 Å². The molecule has 1 saturated heterocycles. The van der Waals surface area contributed by atoms with Crippen LogP contribution in [0.1, 0.15) is 15.9 Å². The third-order valence-corrected chi connectivity index (χ3v) is 5.46. The molecule has 3 aromatic rings. The van der Waals surface area contributed by atoms with E-state index in [1.54, 1.807) is 11.8 Å².